The van der Waals surface area contributed by atoms with Crippen LogP contribution < -0.4 is 10.6 Å². The van der Waals surface area contributed by atoms with Crippen LogP contribution in [0.25, 0.3) is 0 Å². The van der Waals surface area contributed by atoms with Gasteiger partial charge in [-0.3, -0.25) is 9.59 Å². The molecule has 1 aliphatic heterocycles. The predicted octanol–water partition coefficient (Wildman–Crippen LogP) is 4.95. The normalized spacial score (nSPS) is 18.2. The number of hydrogen-bond acceptors (Lipinski definition) is 6. The number of nitrogens with one attached hydrogen (secondary N) is 2. The third kappa shape index (κ3) is 4.23. The summed E-state index contributed by atoms with van der Waals surface area (Å²) in [6, 6.07) is 11.8. The Bertz CT molecular complexity index is 1160. The van der Waals surface area contributed by atoms with E-state index in [1.807, 2.05) is 25.1 Å². The molecule has 4 rings (SSSR count). The van der Waals surface area contributed by atoms with Gasteiger partial charge in [0.1, 0.15) is 5.76 Å². The van der Waals surface area contributed by atoms with Gasteiger partial charge in [0.05, 0.1) is 34.6 Å². The molecule has 0 bridgehead atoms. The summed E-state index contributed by atoms with van der Waals surface area (Å²) in [6.07, 6.45) is 4.34. The number of nitrogens with zero attached hydrogens (tertiary/aromatic N) is 1. The fourth-order valence-electron chi connectivity index (χ4n) is 4.29. The Hall–Kier alpha value is -3.24. The number of rotatable bonds is 6. The molecule has 7 heteroatoms. The van der Waals surface area contributed by atoms with E-state index < -0.39 is 5.92 Å². The lowest BCUT2D eigenvalue weighted by Crippen LogP contribution is -2.31. The number of hydrogen-bond donors (Lipinski definition) is 2. The molecule has 2 heterocycles. The molecule has 0 radical (unpaired) electrons. The van der Waals surface area contributed by atoms with E-state index >= 15 is 0 Å². The summed E-state index contributed by atoms with van der Waals surface area (Å²) < 4.78 is 5.61. The van der Waals surface area contributed by atoms with Crippen LogP contribution in [0.5, 0.6) is 0 Å². The largest absolute Gasteiger partial charge is 0.468 e. The number of dihydropyridines is 1. The van der Waals surface area contributed by atoms with Crippen LogP contribution in [-0.4, -0.2) is 17.4 Å². The zero-order valence-electron chi connectivity index (χ0n) is 18.2. The van der Waals surface area contributed by atoms with E-state index in [-0.39, 0.29) is 17.4 Å². The maximum absolute atomic E-state index is 12.8. The molecule has 1 atom stereocenters. The maximum Gasteiger partial charge on any atom is 0.234 e. The summed E-state index contributed by atoms with van der Waals surface area (Å²) >= 11 is 1.28. The van der Waals surface area contributed by atoms with Crippen molar-refractivity contribution in [1.82, 2.24) is 5.32 Å². The molecule has 0 fully saturated rings. The van der Waals surface area contributed by atoms with Gasteiger partial charge in [0.2, 0.25) is 5.91 Å². The number of amides is 1. The van der Waals surface area contributed by atoms with Crippen LogP contribution in [0.3, 0.4) is 0 Å². The smallest absolute Gasteiger partial charge is 0.234 e. The first-order valence-electron chi connectivity index (χ1n) is 10.8. The number of furan rings is 1. The van der Waals surface area contributed by atoms with Crippen LogP contribution in [0, 0.1) is 18.3 Å². The van der Waals surface area contributed by atoms with Gasteiger partial charge in [-0.1, -0.05) is 36.9 Å². The second-order valence-electron chi connectivity index (χ2n) is 7.90. The molecule has 0 spiro atoms. The third-order valence-corrected chi connectivity index (χ3v) is 6.86. The maximum atomic E-state index is 12.8. The van der Waals surface area contributed by atoms with Gasteiger partial charge < -0.3 is 15.1 Å². The number of allylic oxidation sites excluding steroid dienone is 3. The van der Waals surface area contributed by atoms with E-state index in [4.69, 9.17) is 4.42 Å². The number of para-hydroxylation sites is 1. The first kappa shape index (κ1) is 22.0. The van der Waals surface area contributed by atoms with E-state index in [9.17, 15) is 14.9 Å². The van der Waals surface area contributed by atoms with Crippen molar-refractivity contribution in [2.24, 2.45) is 0 Å². The monoisotopic (exact) mass is 447 g/mol. The van der Waals surface area contributed by atoms with E-state index in [0.717, 1.165) is 41.8 Å². The quantitative estimate of drug-likeness (QED) is 0.650. The standard InChI is InChI=1S/C25H25N3O3S/c1-3-16-8-4-7-15(2)24(16)28-21(30)14-32-25-17(13-26)22(20-11-6-12-31-20)23-18(27-25)9-5-10-19(23)29/h4,6-8,11-12,22,27H,3,5,9-10,14H2,1-2H3,(H,28,30)/t22-/m1/s1. The Morgan fingerprint density at radius 1 is 1.31 bits per heavy atom. The molecule has 32 heavy (non-hydrogen) atoms. The van der Waals surface area contributed by atoms with Gasteiger partial charge in [-0.25, -0.2) is 0 Å². The average molecular weight is 448 g/mol. The Morgan fingerprint density at radius 2 is 2.16 bits per heavy atom. The minimum Gasteiger partial charge on any atom is -0.468 e. The molecule has 0 saturated carbocycles. The average Bonchev–Trinajstić information content (AvgIpc) is 3.32. The lowest BCUT2D eigenvalue weighted by Gasteiger charge is -2.32. The van der Waals surface area contributed by atoms with Gasteiger partial charge in [0.25, 0.3) is 0 Å². The minimum absolute atomic E-state index is 0.0429. The molecular weight excluding hydrogens is 422 g/mol. The molecule has 2 aromatic rings. The summed E-state index contributed by atoms with van der Waals surface area (Å²) in [7, 11) is 0. The Balaban J connectivity index is 1.58. The molecular formula is C25H25N3O3S. The van der Waals surface area contributed by atoms with E-state index in [0.29, 0.717) is 28.4 Å². The summed E-state index contributed by atoms with van der Waals surface area (Å²) in [5.74, 6) is 0.0846. The van der Waals surface area contributed by atoms with Gasteiger partial charge in [0, 0.05) is 23.4 Å². The first-order chi connectivity index (χ1) is 15.5. The van der Waals surface area contributed by atoms with Gasteiger partial charge in [-0.05, 0) is 49.4 Å². The van der Waals surface area contributed by atoms with E-state index in [1.165, 1.54) is 11.8 Å². The zero-order valence-corrected chi connectivity index (χ0v) is 19.0. The van der Waals surface area contributed by atoms with Crippen molar-refractivity contribution in [2.45, 2.75) is 45.4 Å². The van der Waals surface area contributed by atoms with E-state index in [1.54, 1.807) is 18.4 Å². The first-order valence-corrected chi connectivity index (χ1v) is 11.7. The van der Waals surface area contributed by atoms with Crippen LogP contribution >= 0.6 is 11.8 Å². The molecule has 0 saturated heterocycles. The number of ketones is 1. The highest BCUT2D eigenvalue weighted by Gasteiger charge is 2.38. The molecule has 2 N–H and O–H groups in total. The minimum atomic E-state index is -0.535. The molecule has 1 aromatic heterocycles. The number of carbonyl (C=O) groups excluding carboxylic acids is 2. The van der Waals surface area contributed by atoms with Gasteiger partial charge in [0.15, 0.2) is 5.78 Å². The van der Waals surface area contributed by atoms with Crippen LogP contribution in [0.1, 0.15) is 49.0 Å². The van der Waals surface area contributed by atoms with Crippen LogP contribution in [-0.2, 0) is 16.0 Å². The van der Waals surface area contributed by atoms with Crippen molar-refractivity contribution in [3.8, 4) is 6.07 Å². The lowest BCUT2D eigenvalue weighted by atomic mass is 9.79. The lowest BCUT2D eigenvalue weighted by molar-refractivity contribution is -0.116. The van der Waals surface area contributed by atoms with Crippen LogP contribution in [0.4, 0.5) is 5.69 Å². The van der Waals surface area contributed by atoms with Gasteiger partial charge >= 0.3 is 0 Å². The number of benzene rings is 1. The van der Waals surface area contributed by atoms with Crippen LogP contribution in [0.15, 0.2) is 62.9 Å². The predicted molar refractivity (Wildman–Crippen MR) is 125 cm³/mol. The Kier molecular flexibility index (Phi) is 6.52. The number of thioether (sulfide) groups is 1. The topological polar surface area (TPSA) is 95.1 Å². The highest BCUT2D eigenvalue weighted by Crippen LogP contribution is 2.44. The highest BCUT2D eigenvalue weighted by atomic mass is 32.2. The molecule has 6 nitrogen and oxygen atoms in total. The third-order valence-electron chi connectivity index (χ3n) is 5.84. The molecule has 1 aliphatic carbocycles. The number of carbonyl (C=O) groups is 2. The van der Waals surface area contributed by atoms with Crippen molar-refractivity contribution in [1.29, 1.82) is 5.26 Å². The SMILES string of the molecule is CCc1cccc(C)c1NC(=O)CSC1=C(C#N)[C@H](c2ccco2)C2=C(CCCC2=O)N1. The summed E-state index contributed by atoms with van der Waals surface area (Å²) in [5.41, 5.74) is 4.81. The van der Waals surface area contributed by atoms with Crippen LogP contribution in [0.2, 0.25) is 0 Å². The number of aryl methyl sites for hydroxylation is 2. The van der Waals surface area contributed by atoms with Gasteiger partial charge in [-0.2, -0.15) is 5.26 Å². The van der Waals surface area contributed by atoms with Crippen molar-refractivity contribution >= 4 is 29.1 Å². The summed E-state index contributed by atoms with van der Waals surface area (Å²) in [5, 5.41) is 16.9. The van der Waals surface area contributed by atoms with E-state index in [2.05, 4.69) is 23.6 Å². The molecule has 0 unspecified atom stereocenters. The van der Waals surface area contributed by atoms with Gasteiger partial charge in [-0.15, -0.1) is 0 Å². The zero-order chi connectivity index (χ0) is 22.7. The van der Waals surface area contributed by atoms with Crippen molar-refractivity contribution in [2.75, 3.05) is 11.1 Å². The molecule has 2 aliphatic rings. The Labute approximate surface area is 191 Å². The Morgan fingerprint density at radius 3 is 2.88 bits per heavy atom. The molecule has 164 valence electrons. The number of nitriles is 1. The highest BCUT2D eigenvalue weighted by molar-refractivity contribution is 8.03. The van der Waals surface area contributed by atoms with Crippen molar-refractivity contribution in [3.05, 3.63) is 75.4 Å². The number of Topliss-reactive ketones (excluding diaryl/α,β-unsaturated/α-hetero) is 1. The second kappa shape index (κ2) is 9.49. The second-order valence-corrected chi connectivity index (χ2v) is 8.88. The number of anilines is 1. The summed E-state index contributed by atoms with van der Waals surface area (Å²) in [6.45, 7) is 4.03. The fraction of sp³-hybridized carbons (Fsp3) is 0.320. The molecule has 1 aromatic carbocycles. The molecule has 1 amide bonds. The van der Waals surface area contributed by atoms with Crippen molar-refractivity contribution in [3.63, 3.8) is 0 Å². The fourth-order valence-corrected chi connectivity index (χ4v) is 5.15. The summed E-state index contributed by atoms with van der Waals surface area (Å²) in [4.78, 5) is 25.5. The van der Waals surface area contributed by atoms with Crippen molar-refractivity contribution < 1.29 is 14.0 Å².